The third-order valence-electron chi connectivity index (χ3n) is 3.50. The number of aliphatic hydroxyl groups is 1. The molecule has 1 aliphatic carbocycles. The van der Waals surface area contributed by atoms with E-state index < -0.39 is 0 Å². The van der Waals surface area contributed by atoms with Gasteiger partial charge < -0.3 is 14.4 Å². The normalized spacial score (nSPS) is 17.2. The highest BCUT2D eigenvalue weighted by atomic mass is 16.5. The topological polar surface area (TPSA) is 68.4 Å². The first-order valence-corrected chi connectivity index (χ1v) is 7.01. The average molecular weight is 274 g/mol. The number of aryl methyl sites for hydroxylation is 2. The van der Waals surface area contributed by atoms with Gasteiger partial charge in [0.2, 0.25) is 11.7 Å². The van der Waals surface area contributed by atoms with Gasteiger partial charge in [-0.1, -0.05) is 18.1 Å². The lowest BCUT2D eigenvalue weighted by Crippen LogP contribution is -1.99. The molecule has 5 heteroatoms. The van der Waals surface area contributed by atoms with Crippen LogP contribution in [0.2, 0.25) is 0 Å². The third kappa shape index (κ3) is 2.67. The highest BCUT2D eigenvalue weighted by Gasteiger charge is 2.20. The average Bonchev–Trinajstić information content (AvgIpc) is 3.04. The maximum atomic E-state index is 9.76. The second kappa shape index (κ2) is 5.63. The molecule has 3 rings (SSSR count). The van der Waals surface area contributed by atoms with E-state index in [1.54, 1.807) is 0 Å². The fourth-order valence-electron chi connectivity index (χ4n) is 2.47. The molecule has 1 N–H and O–H groups in total. The fraction of sp³-hybridized carbons (Fsp3) is 0.467. The van der Waals surface area contributed by atoms with Gasteiger partial charge in [0.25, 0.3) is 0 Å². The van der Waals surface area contributed by atoms with Crippen molar-refractivity contribution in [1.82, 2.24) is 10.1 Å². The first-order chi connectivity index (χ1) is 9.76. The van der Waals surface area contributed by atoms with E-state index in [1.807, 2.05) is 18.2 Å². The van der Waals surface area contributed by atoms with E-state index in [4.69, 9.17) is 9.26 Å². The summed E-state index contributed by atoms with van der Waals surface area (Å²) in [6, 6.07) is 5.79. The van der Waals surface area contributed by atoms with E-state index in [-0.39, 0.29) is 6.10 Å². The van der Waals surface area contributed by atoms with Crippen molar-refractivity contribution in [3.8, 4) is 5.75 Å². The van der Waals surface area contributed by atoms with Crippen LogP contribution in [-0.4, -0.2) is 15.2 Å². The molecule has 0 radical (unpaired) electrons. The van der Waals surface area contributed by atoms with Crippen molar-refractivity contribution in [3.63, 3.8) is 0 Å². The molecule has 20 heavy (non-hydrogen) atoms. The van der Waals surface area contributed by atoms with Crippen LogP contribution in [0, 0.1) is 0 Å². The zero-order valence-electron chi connectivity index (χ0n) is 11.5. The molecule has 1 aromatic carbocycles. The smallest absolute Gasteiger partial charge is 0.226 e. The van der Waals surface area contributed by atoms with Crippen molar-refractivity contribution in [2.75, 3.05) is 0 Å². The van der Waals surface area contributed by atoms with Crippen LogP contribution >= 0.6 is 0 Å². The Kier molecular flexibility index (Phi) is 3.69. The van der Waals surface area contributed by atoms with Crippen LogP contribution in [0.15, 0.2) is 22.7 Å². The second-order valence-corrected chi connectivity index (χ2v) is 5.06. The van der Waals surface area contributed by atoms with Crippen LogP contribution in [0.4, 0.5) is 0 Å². The van der Waals surface area contributed by atoms with Crippen LogP contribution in [0.5, 0.6) is 5.75 Å². The van der Waals surface area contributed by atoms with Gasteiger partial charge in [0.1, 0.15) is 5.75 Å². The standard InChI is InChI=1S/C15H18N2O3/c1-2-3-15-16-14(17-20-15)9-19-11-5-6-12-10(8-11)4-7-13(12)18/h5-6,8,13,18H,2-4,7,9H2,1H3/t13-/m1/s1. The molecule has 1 atom stereocenters. The van der Waals surface area contributed by atoms with Crippen LogP contribution in [0.25, 0.3) is 0 Å². The van der Waals surface area contributed by atoms with Crippen molar-refractivity contribution in [2.45, 2.75) is 45.3 Å². The lowest BCUT2D eigenvalue weighted by Gasteiger charge is -2.07. The summed E-state index contributed by atoms with van der Waals surface area (Å²) < 4.78 is 10.8. The Bertz CT molecular complexity index is 595. The van der Waals surface area contributed by atoms with Gasteiger partial charge in [0, 0.05) is 6.42 Å². The monoisotopic (exact) mass is 274 g/mol. The number of hydrogen-bond donors (Lipinski definition) is 1. The van der Waals surface area contributed by atoms with Gasteiger partial charge in [-0.05, 0) is 42.5 Å². The minimum atomic E-state index is -0.326. The summed E-state index contributed by atoms with van der Waals surface area (Å²) in [6.45, 7) is 2.37. The first kappa shape index (κ1) is 13.1. The molecule has 1 aromatic heterocycles. The molecule has 0 spiro atoms. The van der Waals surface area contributed by atoms with Crippen molar-refractivity contribution < 1.29 is 14.4 Å². The lowest BCUT2D eigenvalue weighted by molar-refractivity contribution is 0.180. The Hall–Kier alpha value is -1.88. The molecule has 5 nitrogen and oxygen atoms in total. The van der Waals surface area contributed by atoms with Crippen LogP contribution in [0.3, 0.4) is 0 Å². The van der Waals surface area contributed by atoms with Crippen molar-refractivity contribution >= 4 is 0 Å². The van der Waals surface area contributed by atoms with E-state index in [0.717, 1.165) is 42.6 Å². The summed E-state index contributed by atoms with van der Waals surface area (Å²) >= 11 is 0. The number of hydrogen-bond acceptors (Lipinski definition) is 5. The summed E-state index contributed by atoms with van der Waals surface area (Å²) in [5, 5.41) is 13.6. The predicted octanol–water partition coefficient (Wildman–Crippen LogP) is 2.58. The molecule has 0 saturated carbocycles. The fourth-order valence-corrected chi connectivity index (χ4v) is 2.47. The molecule has 0 aliphatic heterocycles. The van der Waals surface area contributed by atoms with Crippen molar-refractivity contribution in [3.05, 3.63) is 41.0 Å². The summed E-state index contributed by atoms with van der Waals surface area (Å²) in [6.07, 6.45) is 3.15. The van der Waals surface area contributed by atoms with E-state index >= 15 is 0 Å². The molecule has 0 fully saturated rings. The SMILES string of the molecule is CCCc1nc(COc2ccc3c(c2)CC[C@H]3O)no1. The number of nitrogens with zero attached hydrogens (tertiary/aromatic N) is 2. The number of fused-ring (bicyclic) bond motifs is 1. The van der Waals surface area contributed by atoms with Crippen LogP contribution in [0.1, 0.15) is 48.7 Å². The van der Waals surface area contributed by atoms with E-state index in [1.165, 1.54) is 0 Å². The maximum absolute atomic E-state index is 9.76. The molecule has 0 amide bonds. The molecule has 0 unspecified atom stereocenters. The van der Waals surface area contributed by atoms with Gasteiger partial charge in [0.15, 0.2) is 6.61 Å². The molecular weight excluding hydrogens is 256 g/mol. The highest BCUT2D eigenvalue weighted by Crippen LogP contribution is 2.33. The molecule has 1 aliphatic rings. The number of ether oxygens (including phenoxy) is 1. The molecule has 0 bridgehead atoms. The maximum Gasteiger partial charge on any atom is 0.226 e. The van der Waals surface area contributed by atoms with E-state index in [9.17, 15) is 5.11 Å². The Balaban J connectivity index is 1.63. The minimum absolute atomic E-state index is 0.300. The number of benzene rings is 1. The van der Waals surface area contributed by atoms with Crippen LogP contribution < -0.4 is 4.74 Å². The van der Waals surface area contributed by atoms with Crippen molar-refractivity contribution in [1.29, 1.82) is 0 Å². The molecular formula is C15H18N2O3. The summed E-state index contributed by atoms with van der Waals surface area (Å²) in [4.78, 5) is 4.26. The second-order valence-electron chi connectivity index (χ2n) is 5.06. The number of rotatable bonds is 5. The molecule has 0 saturated heterocycles. The number of aromatic nitrogens is 2. The lowest BCUT2D eigenvalue weighted by atomic mass is 10.1. The molecule has 2 aromatic rings. The molecule has 1 heterocycles. The summed E-state index contributed by atoms with van der Waals surface area (Å²) in [5.41, 5.74) is 2.18. The highest BCUT2D eigenvalue weighted by molar-refractivity contribution is 5.39. The van der Waals surface area contributed by atoms with Gasteiger partial charge in [-0.25, -0.2) is 0 Å². The summed E-state index contributed by atoms with van der Waals surface area (Å²) in [5.74, 6) is 2.00. The largest absolute Gasteiger partial charge is 0.485 e. The Morgan fingerprint density at radius 1 is 1.45 bits per heavy atom. The quantitative estimate of drug-likeness (QED) is 0.907. The minimum Gasteiger partial charge on any atom is -0.485 e. The van der Waals surface area contributed by atoms with Gasteiger partial charge >= 0.3 is 0 Å². The Labute approximate surface area is 117 Å². The first-order valence-electron chi connectivity index (χ1n) is 7.01. The van der Waals surface area contributed by atoms with Gasteiger partial charge in [-0.2, -0.15) is 4.98 Å². The van der Waals surface area contributed by atoms with Crippen molar-refractivity contribution in [2.24, 2.45) is 0 Å². The predicted molar refractivity (Wildman–Crippen MR) is 72.3 cm³/mol. The van der Waals surface area contributed by atoms with Gasteiger partial charge in [-0.15, -0.1) is 0 Å². The zero-order valence-corrected chi connectivity index (χ0v) is 11.5. The summed E-state index contributed by atoms with van der Waals surface area (Å²) in [7, 11) is 0. The van der Waals surface area contributed by atoms with E-state index in [0.29, 0.717) is 18.3 Å². The molecule has 106 valence electrons. The van der Waals surface area contributed by atoms with E-state index in [2.05, 4.69) is 17.1 Å². The Morgan fingerprint density at radius 2 is 2.35 bits per heavy atom. The number of aliphatic hydroxyl groups excluding tert-OH is 1. The third-order valence-corrected chi connectivity index (χ3v) is 3.50. The zero-order chi connectivity index (χ0) is 13.9. The Morgan fingerprint density at radius 3 is 3.20 bits per heavy atom. The van der Waals surface area contributed by atoms with Crippen LogP contribution in [-0.2, 0) is 19.4 Å². The van der Waals surface area contributed by atoms with Gasteiger partial charge in [-0.3, -0.25) is 0 Å². The van der Waals surface area contributed by atoms with Gasteiger partial charge in [0.05, 0.1) is 6.10 Å².